The van der Waals surface area contributed by atoms with Crippen LogP contribution in [0.3, 0.4) is 0 Å². The molecule has 0 aromatic heterocycles. The molecule has 0 bridgehead atoms. The number of carboxylic acid groups (broad SMARTS) is 1. The Morgan fingerprint density at radius 2 is 2.30 bits per heavy atom. The van der Waals surface area contributed by atoms with Gasteiger partial charge in [0.25, 0.3) is 0 Å². The Hall–Kier alpha value is -0.650. The van der Waals surface area contributed by atoms with Gasteiger partial charge in [0.2, 0.25) is 0 Å². The van der Waals surface area contributed by atoms with Crippen LogP contribution in [0.4, 0.5) is 0 Å². The number of nitrogens with two attached hydrogens (primary N) is 2. The van der Waals surface area contributed by atoms with Gasteiger partial charge in [0.15, 0.2) is 0 Å². The number of hydrogen-bond donors (Lipinski definition) is 3. The molecule has 0 spiro atoms. The fourth-order valence-electron chi connectivity index (χ4n) is 0.510. The fraction of sp³-hybridized carbons (Fsp3) is 0.800. The second-order valence-corrected chi connectivity index (χ2v) is 1.96. The number of carbonyl (C=O) groups is 1. The first-order valence-electron chi connectivity index (χ1n) is 2.98. The minimum Gasteiger partial charge on any atom is -0.480 e. The van der Waals surface area contributed by atoms with Crippen molar-refractivity contribution < 1.29 is 14.7 Å². The average molecular weight is 148 g/mol. The molecule has 0 saturated carbocycles. The van der Waals surface area contributed by atoms with Crippen molar-refractivity contribution in [1.29, 1.82) is 0 Å². The Labute approximate surface area is 58.9 Å². The summed E-state index contributed by atoms with van der Waals surface area (Å²) in [5.74, 6) is 3.71. The standard InChI is InChI=1S/C5H12N2O3/c6-4(5(8)9)2-1-3-10-7/h4H,1-3,6-7H2,(H,8,9)/t4-/m1/s1. The minimum atomic E-state index is -0.989. The van der Waals surface area contributed by atoms with E-state index in [2.05, 4.69) is 4.84 Å². The lowest BCUT2D eigenvalue weighted by Gasteiger charge is -2.03. The molecule has 1 atom stereocenters. The predicted molar refractivity (Wildman–Crippen MR) is 35.0 cm³/mol. The van der Waals surface area contributed by atoms with Crippen LogP contribution in [0, 0.1) is 0 Å². The highest BCUT2D eigenvalue weighted by Crippen LogP contribution is 1.93. The highest BCUT2D eigenvalue weighted by atomic mass is 16.6. The van der Waals surface area contributed by atoms with Crippen molar-refractivity contribution in [2.45, 2.75) is 18.9 Å². The number of rotatable bonds is 5. The third-order valence-corrected chi connectivity index (χ3v) is 1.09. The first-order chi connectivity index (χ1) is 4.68. The van der Waals surface area contributed by atoms with Crippen molar-refractivity contribution in [1.82, 2.24) is 0 Å². The summed E-state index contributed by atoms with van der Waals surface area (Å²) in [6, 6.07) is -0.796. The largest absolute Gasteiger partial charge is 0.480 e. The third-order valence-electron chi connectivity index (χ3n) is 1.09. The summed E-state index contributed by atoms with van der Waals surface area (Å²) in [5.41, 5.74) is 5.16. The predicted octanol–water partition coefficient (Wildman–Crippen LogP) is -0.931. The molecule has 10 heavy (non-hydrogen) atoms. The van der Waals surface area contributed by atoms with Crippen LogP contribution in [0.25, 0.3) is 0 Å². The highest BCUT2D eigenvalue weighted by Gasteiger charge is 2.09. The van der Waals surface area contributed by atoms with Gasteiger partial charge in [-0.2, -0.15) is 0 Å². The Morgan fingerprint density at radius 3 is 2.70 bits per heavy atom. The van der Waals surface area contributed by atoms with E-state index in [1.807, 2.05) is 0 Å². The van der Waals surface area contributed by atoms with Gasteiger partial charge in [-0.3, -0.25) is 4.79 Å². The van der Waals surface area contributed by atoms with Crippen LogP contribution in [-0.4, -0.2) is 23.7 Å². The van der Waals surface area contributed by atoms with Crippen LogP contribution in [0.1, 0.15) is 12.8 Å². The molecule has 0 aromatic carbocycles. The maximum Gasteiger partial charge on any atom is 0.320 e. The van der Waals surface area contributed by atoms with E-state index in [0.29, 0.717) is 19.4 Å². The molecule has 0 heterocycles. The molecular weight excluding hydrogens is 136 g/mol. The van der Waals surface area contributed by atoms with Gasteiger partial charge in [0.1, 0.15) is 6.04 Å². The maximum absolute atomic E-state index is 10.1. The van der Waals surface area contributed by atoms with E-state index in [1.54, 1.807) is 0 Å². The summed E-state index contributed by atoms with van der Waals surface area (Å²) in [4.78, 5) is 14.3. The molecule has 0 amide bonds. The van der Waals surface area contributed by atoms with Gasteiger partial charge in [0.05, 0.1) is 6.61 Å². The normalized spacial score (nSPS) is 13.0. The van der Waals surface area contributed by atoms with Crippen molar-refractivity contribution in [2.75, 3.05) is 6.61 Å². The molecule has 0 radical (unpaired) electrons. The molecule has 0 unspecified atom stereocenters. The highest BCUT2D eigenvalue weighted by molar-refractivity contribution is 5.72. The lowest BCUT2D eigenvalue weighted by Crippen LogP contribution is -2.30. The van der Waals surface area contributed by atoms with Crippen LogP contribution >= 0.6 is 0 Å². The molecule has 0 aliphatic rings. The first-order valence-corrected chi connectivity index (χ1v) is 2.98. The van der Waals surface area contributed by atoms with E-state index in [0.717, 1.165) is 0 Å². The molecule has 0 aliphatic carbocycles. The topological polar surface area (TPSA) is 98.6 Å². The van der Waals surface area contributed by atoms with Gasteiger partial charge in [-0.1, -0.05) is 0 Å². The maximum atomic E-state index is 10.1. The summed E-state index contributed by atoms with van der Waals surface area (Å²) in [6.07, 6.45) is 0.969. The molecule has 0 rings (SSSR count). The van der Waals surface area contributed by atoms with E-state index in [1.165, 1.54) is 0 Å². The van der Waals surface area contributed by atoms with Gasteiger partial charge in [-0.25, -0.2) is 5.90 Å². The van der Waals surface area contributed by atoms with Gasteiger partial charge in [0, 0.05) is 0 Å². The molecule has 5 heteroatoms. The molecule has 0 aromatic rings. The van der Waals surface area contributed by atoms with Crippen LogP contribution in [-0.2, 0) is 9.63 Å². The average Bonchev–Trinajstić information content (AvgIpc) is 1.88. The Bertz CT molecular complexity index is 107. The van der Waals surface area contributed by atoms with Crippen LogP contribution in [0.2, 0.25) is 0 Å². The Balaban J connectivity index is 3.21. The second kappa shape index (κ2) is 5.16. The number of hydrogen-bond acceptors (Lipinski definition) is 4. The van der Waals surface area contributed by atoms with Crippen LogP contribution in [0.15, 0.2) is 0 Å². The zero-order valence-corrected chi connectivity index (χ0v) is 5.62. The van der Waals surface area contributed by atoms with Crippen molar-refractivity contribution >= 4 is 5.97 Å². The first kappa shape index (κ1) is 9.35. The lowest BCUT2D eigenvalue weighted by atomic mass is 10.2. The van der Waals surface area contributed by atoms with Crippen molar-refractivity contribution in [3.05, 3.63) is 0 Å². The Morgan fingerprint density at radius 1 is 1.70 bits per heavy atom. The number of carboxylic acids is 1. The second-order valence-electron chi connectivity index (χ2n) is 1.96. The van der Waals surface area contributed by atoms with Crippen LogP contribution < -0.4 is 11.6 Å². The van der Waals surface area contributed by atoms with Gasteiger partial charge >= 0.3 is 5.97 Å². The van der Waals surface area contributed by atoms with E-state index < -0.39 is 12.0 Å². The molecule has 0 fully saturated rings. The van der Waals surface area contributed by atoms with E-state index in [4.69, 9.17) is 16.7 Å². The van der Waals surface area contributed by atoms with Gasteiger partial charge in [-0.15, -0.1) is 0 Å². The van der Waals surface area contributed by atoms with Gasteiger partial charge < -0.3 is 15.7 Å². The summed E-state index contributed by atoms with van der Waals surface area (Å²) >= 11 is 0. The third kappa shape index (κ3) is 4.25. The van der Waals surface area contributed by atoms with E-state index in [-0.39, 0.29) is 0 Å². The van der Waals surface area contributed by atoms with Crippen molar-refractivity contribution in [2.24, 2.45) is 11.6 Å². The van der Waals surface area contributed by atoms with E-state index >= 15 is 0 Å². The summed E-state index contributed by atoms with van der Waals surface area (Å²) in [5, 5.41) is 8.28. The molecule has 60 valence electrons. The van der Waals surface area contributed by atoms with Crippen molar-refractivity contribution in [3.63, 3.8) is 0 Å². The SMILES string of the molecule is NOCCC[C@@H](N)C(=O)O. The smallest absolute Gasteiger partial charge is 0.320 e. The molecule has 0 saturated heterocycles. The summed E-state index contributed by atoms with van der Waals surface area (Å²) < 4.78 is 0. The summed E-state index contributed by atoms with van der Waals surface area (Å²) in [7, 11) is 0. The number of aliphatic carboxylic acids is 1. The van der Waals surface area contributed by atoms with Crippen LogP contribution in [0.5, 0.6) is 0 Å². The Kier molecular flexibility index (Phi) is 4.82. The zero-order valence-electron chi connectivity index (χ0n) is 5.62. The fourth-order valence-corrected chi connectivity index (χ4v) is 0.510. The monoisotopic (exact) mass is 148 g/mol. The molecule has 0 aliphatic heterocycles. The molecular formula is C5H12N2O3. The molecule has 5 nitrogen and oxygen atoms in total. The van der Waals surface area contributed by atoms with Gasteiger partial charge in [-0.05, 0) is 12.8 Å². The van der Waals surface area contributed by atoms with E-state index in [9.17, 15) is 4.79 Å². The van der Waals surface area contributed by atoms with Crippen molar-refractivity contribution in [3.8, 4) is 0 Å². The minimum absolute atomic E-state index is 0.348. The molecule has 5 N–H and O–H groups in total. The quantitative estimate of drug-likeness (QED) is 0.345. The summed E-state index contributed by atoms with van der Waals surface area (Å²) in [6.45, 7) is 0.348. The lowest BCUT2D eigenvalue weighted by molar-refractivity contribution is -0.138. The zero-order chi connectivity index (χ0) is 7.98.